The molecule has 2 atom stereocenters. The van der Waals surface area contributed by atoms with Gasteiger partial charge in [0.25, 0.3) is 0 Å². The topological polar surface area (TPSA) is 37.4 Å². The van der Waals surface area contributed by atoms with Gasteiger partial charge in [-0.1, -0.05) is 11.6 Å². The van der Waals surface area contributed by atoms with Crippen LogP contribution in [0.15, 0.2) is 16.6 Å². The van der Waals surface area contributed by atoms with E-state index in [1.54, 1.807) is 0 Å². The van der Waals surface area contributed by atoms with E-state index in [1.807, 2.05) is 0 Å². The molecule has 1 aromatic rings. The molecule has 3 nitrogen and oxygen atoms in total. The molecule has 1 aliphatic heterocycles. The number of piperidine rings is 1. The maximum absolute atomic E-state index is 13.1. The molecule has 1 saturated carbocycles. The van der Waals surface area contributed by atoms with Crippen molar-refractivity contribution in [3.05, 3.63) is 27.4 Å². The Morgan fingerprint density at radius 3 is 2.41 bits per heavy atom. The van der Waals surface area contributed by atoms with Gasteiger partial charge in [0.15, 0.2) is 0 Å². The van der Waals surface area contributed by atoms with Gasteiger partial charge in [-0.2, -0.15) is 0 Å². The molecule has 2 fully saturated rings. The smallest absolute Gasteiger partial charge is 0.237 e. The first-order chi connectivity index (χ1) is 8.00. The summed E-state index contributed by atoms with van der Waals surface area (Å²) >= 11 is 9.02. The lowest BCUT2D eigenvalue weighted by atomic mass is 10.2. The second-order valence-corrected chi connectivity index (χ2v) is 5.44. The second-order valence-electron chi connectivity index (χ2n) is 4.18. The molecular weight excluding hydrogens is 312 g/mol. The summed E-state index contributed by atoms with van der Waals surface area (Å²) in [6.45, 7) is 0. The Bertz CT molecular complexity index is 519. The summed E-state index contributed by atoms with van der Waals surface area (Å²) in [5, 5.41) is 0.0554. The molecule has 1 heterocycles. The molecule has 0 radical (unpaired) electrons. The number of halogens is 3. The van der Waals surface area contributed by atoms with Crippen LogP contribution in [0.4, 0.5) is 10.1 Å². The highest BCUT2D eigenvalue weighted by molar-refractivity contribution is 9.10. The maximum atomic E-state index is 13.1. The van der Waals surface area contributed by atoms with Crippen LogP contribution in [0, 0.1) is 17.7 Å². The van der Waals surface area contributed by atoms with Crippen molar-refractivity contribution in [1.82, 2.24) is 0 Å². The average Bonchev–Trinajstić information content (AvgIpc) is 2.96. The number of benzene rings is 1. The van der Waals surface area contributed by atoms with Crippen molar-refractivity contribution >= 4 is 45.0 Å². The zero-order valence-corrected chi connectivity index (χ0v) is 10.8. The van der Waals surface area contributed by atoms with Crippen LogP contribution in [0.5, 0.6) is 0 Å². The summed E-state index contributed by atoms with van der Waals surface area (Å²) in [5.74, 6) is -1.40. The van der Waals surface area contributed by atoms with E-state index in [1.165, 1.54) is 6.07 Å². The Kier molecular flexibility index (Phi) is 2.32. The zero-order chi connectivity index (χ0) is 12.3. The third-order valence-electron chi connectivity index (χ3n) is 3.07. The summed E-state index contributed by atoms with van der Waals surface area (Å²) in [5.41, 5.74) is 0.246. The summed E-state index contributed by atoms with van der Waals surface area (Å²) < 4.78 is 13.4. The lowest BCUT2D eigenvalue weighted by Crippen LogP contribution is -2.33. The molecule has 3 rings (SSSR count). The van der Waals surface area contributed by atoms with Gasteiger partial charge in [0.05, 0.1) is 22.5 Å². The minimum atomic E-state index is -0.519. The van der Waals surface area contributed by atoms with Crippen molar-refractivity contribution in [1.29, 1.82) is 0 Å². The minimum absolute atomic E-state index is 0.0554. The van der Waals surface area contributed by atoms with Crippen LogP contribution in [-0.2, 0) is 9.59 Å². The van der Waals surface area contributed by atoms with Gasteiger partial charge in [0.2, 0.25) is 11.8 Å². The Balaban J connectivity index is 2.11. The maximum Gasteiger partial charge on any atom is 0.237 e. The Hall–Kier alpha value is -0.940. The summed E-state index contributed by atoms with van der Waals surface area (Å²) in [4.78, 5) is 24.8. The molecule has 1 aliphatic carbocycles. The molecular formula is C11H6BrClFNO2. The van der Waals surface area contributed by atoms with Gasteiger partial charge < -0.3 is 0 Å². The molecule has 0 spiro atoms. The summed E-state index contributed by atoms with van der Waals surface area (Å²) in [6.07, 6.45) is 0.630. The van der Waals surface area contributed by atoms with E-state index in [2.05, 4.69) is 15.9 Å². The molecule has 1 saturated heterocycles. The monoisotopic (exact) mass is 317 g/mol. The average molecular weight is 319 g/mol. The molecule has 0 aromatic heterocycles. The van der Waals surface area contributed by atoms with Crippen molar-refractivity contribution in [2.45, 2.75) is 6.42 Å². The summed E-state index contributed by atoms with van der Waals surface area (Å²) in [7, 11) is 0. The molecule has 2 aliphatic rings. The van der Waals surface area contributed by atoms with E-state index in [0.29, 0.717) is 10.9 Å². The van der Waals surface area contributed by atoms with E-state index in [0.717, 1.165) is 11.0 Å². The largest absolute Gasteiger partial charge is 0.274 e. The van der Waals surface area contributed by atoms with Crippen molar-refractivity contribution in [2.24, 2.45) is 11.8 Å². The molecule has 2 amide bonds. The fourth-order valence-electron chi connectivity index (χ4n) is 2.15. The minimum Gasteiger partial charge on any atom is -0.274 e. The van der Waals surface area contributed by atoms with Gasteiger partial charge >= 0.3 is 0 Å². The van der Waals surface area contributed by atoms with Crippen LogP contribution in [0.2, 0.25) is 5.02 Å². The number of imide groups is 1. The normalized spacial score (nSPS) is 26.4. The van der Waals surface area contributed by atoms with Gasteiger partial charge in [-0.25, -0.2) is 9.29 Å². The third kappa shape index (κ3) is 1.52. The van der Waals surface area contributed by atoms with Crippen LogP contribution in [-0.4, -0.2) is 11.8 Å². The van der Waals surface area contributed by atoms with Crippen molar-refractivity contribution in [3.63, 3.8) is 0 Å². The van der Waals surface area contributed by atoms with Crippen molar-refractivity contribution in [2.75, 3.05) is 4.90 Å². The Morgan fingerprint density at radius 1 is 1.29 bits per heavy atom. The predicted octanol–water partition coefficient (Wildman–Crippen LogP) is 2.75. The number of fused-ring (bicyclic) bond motifs is 1. The van der Waals surface area contributed by atoms with E-state index < -0.39 is 5.82 Å². The fourth-order valence-corrected chi connectivity index (χ4v) is 3.16. The highest BCUT2D eigenvalue weighted by Crippen LogP contribution is 2.50. The summed E-state index contributed by atoms with van der Waals surface area (Å²) in [6, 6.07) is 2.28. The lowest BCUT2D eigenvalue weighted by Gasteiger charge is -2.19. The highest BCUT2D eigenvalue weighted by Gasteiger charge is 2.59. The van der Waals surface area contributed by atoms with E-state index in [-0.39, 0.29) is 34.4 Å². The molecule has 17 heavy (non-hydrogen) atoms. The standard InChI is InChI=1S/C11H6BrClFNO2/c12-7-1-4(14)2-8(13)9(7)15-10(16)5-3-6(5)11(15)17/h1-2,5-6H,3H2. The van der Waals surface area contributed by atoms with E-state index in [9.17, 15) is 14.0 Å². The number of hydrogen-bond acceptors (Lipinski definition) is 2. The quantitative estimate of drug-likeness (QED) is 0.747. The van der Waals surface area contributed by atoms with Crippen LogP contribution < -0.4 is 4.90 Å². The van der Waals surface area contributed by atoms with Gasteiger partial charge in [-0.15, -0.1) is 0 Å². The van der Waals surface area contributed by atoms with Gasteiger partial charge in [-0.05, 0) is 34.5 Å². The number of nitrogens with zero attached hydrogens (tertiary/aromatic N) is 1. The third-order valence-corrected chi connectivity index (χ3v) is 3.96. The molecule has 1 aromatic carbocycles. The number of amides is 2. The predicted molar refractivity (Wildman–Crippen MR) is 63.2 cm³/mol. The van der Waals surface area contributed by atoms with Gasteiger partial charge in [0.1, 0.15) is 5.82 Å². The van der Waals surface area contributed by atoms with Crippen molar-refractivity contribution in [3.8, 4) is 0 Å². The molecule has 6 heteroatoms. The second kappa shape index (κ2) is 3.53. The molecule has 2 unspecified atom stereocenters. The number of carbonyl (C=O) groups is 2. The van der Waals surface area contributed by atoms with E-state index >= 15 is 0 Å². The SMILES string of the molecule is O=C1C2CC2C(=O)N1c1c(Cl)cc(F)cc1Br. The molecule has 0 bridgehead atoms. The first-order valence-corrected chi connectivity index (χ1v) is 6.20. The fraction of sp³-hybridized carbons (Fsp3) is 0.273. The first-order valence-electron chi connectivity index (χ1n) is 5.03. The first kappa shape index (κ1) is 11.2. The van der Waals surface area contributed by atoms with Crippen LogP contribution in [0.1, 0.15) is 6.42 Å². The zero-order valence-electron chi connectivity index (χ0n) is 8.41. The Morgan fingerprint density at radius 2 is 1.88 bits per heavy atom. The number of carbonyl (C=O) groups excluding carboxylic acids is 2. The van der Waals surface area contributed by atoms with Gasteiger partial charge in [0, 0.05) is 4.47 Å². The molecule has 88 valence electrons. The highest BCUT2D eigenvalue weighted by atomic mass is 79.9. The van der Waals surface area contributed by atoms with Crippen LogP contribution in [0.3, 0.4) is 0 Å². The van der Waals surface area contributed by atoms with Crippen LogP contribution >= 0.6 is 27.5 Å². The number of hydrogen-bond donors (Lipinski definition) is 0. The van der Waals surface area contributed by atoms with E-state index in [4.69, 9.17) is 11.6 Å². The number of anilines is 1. The van der Waals surface area contributed by atoms with Crippen molar-refractivity contribution < 1.29 is 14.0 Å². The molecule has 0 N–H and O–H groups in total. The number of rotatable bonds is 1. The Labute approximate surface area is 110 Å². The lowest BCUT2D eigenvalue weighted by molar-refractivity contribution is -0.123. The van der Waals surface area contributed by atoms with Gasteiger partial charge in [-0.3, -0.25) is 9.59 Å². The van der Waals surface area contributed by atoms with Crippen LogP contribution in [0.25, 0.3) is 0 Å².